The molecule has 21 heavy (non-hydrogen) atoms. The molecule has 0 spiro atoms. The Morgan fingerprint density at radius 1 is 1.43 bits per heavy atom. The van der Waals surface area contributed by atoms with Gasteiger partial charge >= 0.3 is 0 Å². The fourth-order valence-corrected chi connectivity index (χ4v) is 3.73. The summed E-state index contributed by atoms with van der Waals surface area (Å²) in [4.78, 5) is 12.2. The normalized spacial score (nSPS) is 30.5. The minimum Gasteiger partial charge on any atom is -0.273 e. The first kappa shape index (κ1) is 13.8. The van der Waals surface area contributed by atoms with Crippen molar-refractivity contribution in [3.8, 4) is 6.07 Å². The summed E-state index contributed by atoms with van der Waals surface area (Å²) in [7, 11) is 0. The number of rotatable bonds is 3. The minimum absolute atomic E-state index is 0.0503. The van der Waals surface area contributed by atoms with Crippen LogP contribution in [-0.2, 0) is 4.79 Å². The average molecular weight is 281 g/mol. The van der Waals surface area contributed by atoms with Crippen molar-refractivity contribution in [1.82, 2.24) is 5.43 Å². The monoisotopic (exact) mass is 281 g/mol. The molecule has 4 heteroatoms. The molecule has 2 aliphatic carbocycles. The number of nitriles is 1. The van der Waals surface area contributed by atoms with Crippen LogP contribution >= 0.6 is 0 Å². The maximum atomic E-state index is 12.2. The van der Waals surface area contributed by atoms with Crippen molar-refractivity contribution in [2.45, 2.75) is 32.6 Å². The fourth-order valence-electron chi connectivity index (χ4n) is 3.73. The van der Waals surface area contributed by atoms with Crippen molar-refractivity contribution >= 4 is 12.1 Å². The Morgan fingerprint density at radius 2 is 2.19 bits per heavy atom. The third kappa shape index (κ3) is 2.56. The Morgan fingerprint density at radius 3 is 2.81 bits per heavy atom. The minimum atomic E-state index is 0.0503. The van der Waals surface area contributed by atoms with E-state index in [1.54, 1.807) is 18.3 Å². The number of fused-ring (bicyclic) bond motifs is 1. The number of amides is 1. The molecule has 1 amide bonds. The molecule has 1 aromatic carbocycles. The van der Waals surface area contributed by atoms with Crippen LogP contribution in [0.5, 0.6) is 0 Å². The van der Waals surface area contributed by atoms with E-state index in [-0.39, 0.29) is 17.2 Å². The number of carbonyl (C=O) groups is 1. The van der Waals surface area contributed by atoms with Gasteiger partial charge in [0.15, 0.2) is 0 Å². The van der Waals surface area contributed by atoms with Gasteiger partial charge in [0.1, 0.15) is 0 Å². The van der Waals surface area contributed by atoms with Gasteiger partial charge in [-0.2, -0.15) is 10.4 Å². The highest BCUT2D eigenvalue weighted by Gasteiger charge is 2.64. The van der Waals surface area contributed by atoms with Crippen LogP contribution < -0.4 is 5.43 Å². The molecule has 108 valence electrons. The average Bonchev–Trinajstić information content (AvgIpc) is 3.13. The van der Waals surface area contributed by atoms with Gasteiger partial charge in [0.05, 0.1) is 17.8 Å². The molecular weight excluding hydrogens is 262 g/mol. The lowest BCUT2D eigenvalue weighted by Crippen LogP contribution is -2.22. The molecule has 1 N–H and O–H groups in total. The Kier molecular flexibility index (Phi) is 3.50. The topological polar surface area (TPSA) is 65.2 Å². The third-order valence-electron chi connectivity index (χ3n) is 5.04. The van der Waals surface area contributed by atoms with Crippen LogP contribution in [-0.4, -0.2) is 12.1 Å². The van der Waals surface area contributed by atoms with Crippen LogP contribution in [0.25, 0.3) is 0 Å². The molecule has 0 heterocycles. The second-order valence-electron chi connectivity index (χ2n) is 6.30. The second-order valence-corrected chi connectivity index (χ2v) is 6.30. The number of carbonyl (C=O) groups excluding carboxylic acids is 1. The first-order chi connectivity index (χ1) is 10.1. The zero-order chi connectivity index (χ0) is 14.9. The highest BCUT2D eigenvalue weighted by Crippen LogP contribution is 2.66. The summed E-state index contributed by atoms with van der Waals surface area (Å²) < 4.78 is 0. The van der Waals surface area contributed by atoms with E-state index in [1.165, 1.54) is 19.3 Å². The van der Waals surface area contributed by atoms with Gasteiger partial charge in [0.25, 0.3) is 0 Å². The van der Waals surface area contributed by atoms with Gasteiger partial charge in [-0.15, -0.1) is 0 Å². The molecule has 1 aromatic rings. The lowest BCUT2D eigenvalue weighted by molar-refractivity contribution is -0.123. The zero-order valence-corrected chi connectivity index (χ0v) is 12.2. The Labute approximate surface area is 124 Å². The number of hydrogen-bond acceptors (Lipinski definition) is 3. The maximum Gasteiger partial charge on any atom is 0.244 e. The Bertz CT molecular complexity index is 614. The van der Waals surface area contributed by atoms with Crippen molar-refractivity contribution in [2.24, 2.45) is 22.4 Å². The Balaban J connectivity index is 1.56. The van der Waals surface area contributed by atoms with Crippen LogP contribution in [0.1, 0.15) is 43.7 Å². The van der Waals surface area contributed by atoms with Gasteiger partial charge in [0, 0.05) is 5.92 Å². The largest absolute Gasteiger partial charge is 0.273 e. The summed E-state index contributed by atoms with van der Waals surface area (Å²) in [5, 5.41) is 12.8. The molecule has 3 rings (SSSR count). The summed E-state index contributed by atoms with van der Waals surface area (Å²) >= 11 is 0. The SMILES string of the molecule is C[C@]12CCCC[C@@H]1[C@@H]2C(=O)N/N=C\c1ccc(C#N)cc1. The highest BCUT2D eigenvalue weighted by atomic mass is 16.2. The van der Waals surface area contributed by atoms with Crippen LogP contribution in [0.15, 0.2) is 29.4 Å². The number of hydrogen-bond donors (Lipinski definition) is 1. The summed E-state index contributed by atoms with van der Waals surface area (Å²) in [5.74, 6) is 0.740. The third-order valence-corrected chi connectivity index (χ3v) is 5.04. The van der Waals surface area contributed by atoms with E-state index >= 15 is 0 Å². The van der Waals surface area contributed by atoms with E-state index < -0.39 is 0 Å². The van der Waals surface area contributed by atoms with Crippen molar-refractivity contribution in [1.29, 1.82) is 5.26 Å². The van der Waals surface area contributed by atoms with E-state index in [4.69, 9.17) is 5.26 Å². The van der Waals surface area contributed by atoms with Crippen LogP contribution in [0, 0.1) is 28.6 Å². The summed E-state index contributed by atoms with van der Waals surface area (Å²) in [6.45, 7) is 2.23. The molecule has 0 aromatic heterocycles. The van der Waals surface area contributed by atoms with Crippen molar-refractivity contribution in [3.63, 3.8) is 0 Å². The van der Waals surface area contributed by atoms with Gasteiger partial charge in [-0.05, 0) is 41.9 Å². The van der Waals surface area contributed by atoms with Crippen LogP contribution in [0.2, 0.25) is 0 Å². The quantitative estimate of drug-likeness (QED) is 0.684. The lowest BCUT2D eigenvalue weighted by Gasteiger charge is -2.15. The predicted octanol–water partition coefficient (Wildman–Crippen LogP) is 2.83. The number of nitrogens with one attached hydrogen (secondary N) is 1. The smallest absolute Gasteiger partial charge is 0.244 e. The molecule has 2 fully saturated rings. The molecule has 3 atom stereocenters. The van der Waals surface area contributed by atoms with E-state index in [0.29, 0.717) is 11.5 Å². The second kappa shape index (κ2) is 5.33. The predicted molar refractivity (Wildman–Crippen MR) is 80.4 cm³/mol. The first-order valence-electron chi connectivity index (χ1n) is 7.48. The Hall–Kier alpha value is -2.15. The molecule has 4 nitrogen and oxygen atoms in total. The summed E-state index contributed by atoms with van der Waals surface area (Å²) in [6.07, 6.45) is 6.44. The maximum absolute atomic E-state index is 12.2. The van der Waals surface area contributed by atoms with E-state index in [0.717, 1.165) is 12.0 Å². The molecule has 0 saturated heterocycles. The number of nitrogens with zero attached hydrogens (tertiary/aromatic N) is 2. The number of benzene rings is 1. The van der Waals surface area contributed by atoms with Crippen molar-refractivity contribution in [2.75, 3.05) is 0 Å². The summed E-state index contributed by atoms with van der Waals surface area (Å²) in [6, 6.07) is 9.17. The molecule has 2 saturated carbocycles. The first-order valence-corrected chi connectivity index (χ1v) is 7.48. The van der Waals surface area contributed by atoms with Gasteiger partial charge < -0.3 is 0 Å². The van der Waals surface area contributed by atoms with Crippen LogP contribution in [0.4, 0.5) is 0 Å². The fraction of sp³-hybridized carbons (Fsp3) is 0.471. The van der Waals surface area contributed by atoms with Gasteiger partial charge in [-0.3, -0.25) is 4.79 Å². The number of hydrazone groups is 1. The molecule has 0 bridgehead atoms. The van der Waals surface area contributed by atoms with E-state index in [9.17, 15) is 4.79 Å². The molecule has 0 unspecified atom stereocenters. The van der Waals surface area contributed by atoms with Crippen molar-refractivity contribution in [3.05, 3.63) is 35.4 Å². The lowest BCUT2D eigenvalue weighted by atomic mass is 9.90. The van der Waals surface area contributed by atoms with Gasteiger partial charge in [0.2, 0.25) is 5.91 Å². The highest BCUT2D eigenvalue weighted by molar-refractivity contribution is 5.85. The van der Waals surface area contributed by atoms with Gasteiger partial charge in [-0.25, -0.2) is 5.43 Å². The van der Waals surface area contributed by atoms with Crippen LogP contribution in [0.3, 0.4) is 0 Å². The zero-order valence-electron chi connectivity index (χ0n) is 12.2. The molecule has 2 aliphatic rings. The van der Waals surface area contributed by atoms with E-state index in [2.05, 4.69) is 23.5 Å². The van der Waals surface area contributed by atoms with Gasteiger partial charge in [-0.1, -0.05) is 31.9 Å². The standard InChI is InChI=1S/C17H19N3O/c1-17-9-3-2-4-14(17)15(17)16(21)20-19-11-13-7-5-12(10-18)6-8-13/h5-8,11,14-15H,2-4,9H2,1H3,(H,20,21)/b19-11-/t14-,15-,17+/m1/s1. The van der Waals surface area contributed by atoms with E-state index in [1.807, 2.05) is 12.1 Å². The molecule has 0 aliphatic heterocycles. The summed E-state index contributed by atoms with van der Waals surface area (Å²) in [5.41, 5.74) is 4.37. The van der Waals surface area contributed by atoms with Crippen molar-refractivity contribution < 1.29 is 4.79 Å². The molecular formula is C17H19N3O. The molecule has 0 radical (unpaired) electrons.